The molecule has 0 bridgehead atoms. The normalized spacial score (nSPS) is 11.2. The van der Waals surface area contributed by atoms with Gasteiger partial charge < -0.3 is 34.7 Å². The first kappa shape index (κ1) is 38.0. The summed E-state index contributed by atoms with van der Waals surface area (Å²) < 4.78 is 21.8. The molecule has 1 unspecified atom stereocenters. The van der Waals surface area contributed by atoms with E-state index in [-0.39, 0.29) is 24.3 Å². The zero-order chi connectivity index (χ0) is 36.6. The molecule has 0 aliphatic rings. The minimum Gasteiger partial charge on any atom is -0.494 e. The Morgan fingerprint density at radius 1 is 0.706 bits per heavy atom. The topological polar surface area (TPSA) is 149 Å². The Morgan fingerprint density at radius 3 is 1.98 bits per heavy atom. The molecule has 0 saturated carbocycles. The van der Waals surface area contributed by atoms with Gasteiger partial charge in [-0.25, -0.2) is 9.59 Å². The van der Waals surface area contributed by atoms with Crippen molar-refractivity contribution in [3.05, 3.63) is 113 Å². The first-order valence-corrected chi connectivity index (χ1v) is 16.9. The van der Waals surface area contributed by atoms with Crippen molar-refractivity contribution in [1.82, 2.24) is 5.32 Å². The highest BCUT2D eigenvalue weighted by Crippen LogP contribution is 2.28. The summed E-state index contributed by atoms with van der Waals surface area (Å²) in [5.74, 6) is -0.534. The van der Waals surface area contributed by atoms with Gasteiger partial charge >= 0.3 is 11.9 Å². The summed E-state index contributed by atoms with van der Waals surface area (Å²) in [6.07, 6.45) is 5.84. The van der Waals surface area contributed by atoms with Gasteiger partial charge in [0.25, 0.3) is 5.91 Å². The highest BCUT2D eigenvalue weighted by Gasteiger charge is 2.22. The van der Waals surface area contributed by atoms with Crippen LogP contribution in [0.25, 0.3) is 0 Å². The molecule has 4 aromatic carbocycles. The smallest absolute Gasteiger partial charge is 0.343 e. The third kappa shape index (κ3) is 11.9. The van der Waals surface area contributed by atoms with Gasteiger partial charge in [-0.3, -0.25) is 9.59 Å². The van der Waals surface area contributed by atoms with Gasteiger partial charge in [0.15, 0.2) is 11.5 Å². The SMILES string of the molecule is CCCCCCCOc1ccc(C(=O)Oc2ccc(CC(NC(=O)c3ccc(NC(=O)Cc4ccc(OC)c(OC)c4)cc3)C(=O)O)cc2)cc1. The van der Waals surface area contributed by atoms with E-state index in [2.05, 4.69) is 17.6 Å². The van der Waals surface area contributed by atoms with E-state index in [9.17, 15) is 24.3 Å². The van der Waals surface area contributed by atoms with E-state index in [0.717, 1.165) is 18.4 Å². The highest BCUT2D eigenvalue weighted by molar-refractivity contribution is 5.98. The van der Waals surface area contributed by atoms with Crippen molar-refractivity contribution < 1.29 is 43.2 Å². The molecule has 0 saturated heterocycles. The van der Waals surface area contributed by atoms with E-state index in [1.54, 1.807) is 78.9 Å². The second-order valence-corrected chi connectivity index (χ2v) is 11.9. The summed E-state index contributed by atoms with van der Waals surface area (Å²) in [6.45, 7) is 2.81. The van der Waals surface area contributed by atoms with Crippen LogP contribution in [0, 0.1) is 0 Å². The van der Waals surface area contributed by atoms with Crippen molar-refractivity contribution in [3.63, 3.8) is 0 Å². The molecule has 2 amide bonds. The standard InChI is InChI=1S/C40H44N2O9/c1-4-5-6-7-8-23-50-32-20-14-30(15-21-32)40(47)51-33-18-9-27(10-19-33)24-34(39(45)46)42-38(44)29-12-16-31(17-13-29)41-37(43)26-28-11-22-35(48-2)36(25-28)49-3/h9-22,25,34H,4-8,23-24,26H2,1-3H3,(H,41,43)(H,42,44)(H,45,46). The Bertz CT molecular complexity index is 1750. The van der Waals surface area contributed by atoms with Crippen LogP contribution in [0.1, 0.15) is 70.9 Å². The predicted octanol–water partition coefficient (Wildman–Crippen LogP) is 6.88. The van der Waals surface area contributed by atoms with Crippen LogP contribution in [0.3, 0.4) is 0 Å². The molecular formula is C40H44N2O9. The van der Waals surface area contributed by atoms with Crippen molar-refractivity contribution in [2.24, 2.45) is 0 Å². The molecule has 3 N–H and O–H groups in total. The number of methoxy groups -OCH3 is 2. The fourth-order valence-corrected chi connectivity index (χ4v) is 5.21. The minimum atomic E-state index is -1.22. The monoisotopic (exact) mass is 696 g/mol. The van der Waals surface area contributed by atoms with Crippen LogP contribution in [0.4, 0.5) is 5.69 Å². The van der Waals surface area contributed by atoms with Gasteiger partial charge in [0.2, 0.25) is 5.91 Å². The van der Waals surface area contributed by atoms with E-state index in [0.29, 0.717) is 46.4 Å². The average molecular weight is 697 g/mol. The molecule has 0 aliphatic heterocycles. The highest BCUT2D eigenvalue weighted by atomic mass is 16.5. The van der Waals surface area contributed by atoms with Gasteiger partial charge in [-0.05, 0) is 90.3 Å². The molecule has 4 aromatic rings. The molecule has 4 rings (SSSR count). The lowest BCUT2D eigenvalue weighted by atomic mass is 10.0. The maximum absolute atomic E-state index is 12.9. The van der Waals surface area contributed by atoms with Crippen molar-refractivity contribution in [2.45, 2.75) is 57.9 Å². The minimum absolute atomic E-state index is 0.000345. The number of rotatable bonds is 19. The zero-order valence-corrected chi connectivity index (χ0v) is 29.1. The summed E-state index contributed by atoms with van der Waals surface area (Å²) in [5, 5.41) is 15.1. The Balaban J connectivity index is 1.25. The van der Waals surface area contributed by atoms with Gasteiger partial charge in [-0.1, -0.05) is 50.8 Å². The lowest BCUT2D eigenvalue weighted by Gasteiger charge is -2.15. The summed E-state index contributed by atoms with van der Waals surface area (Å²) in [4.78, 5) is 50.2. The molecule has 11 heteroatoms. The van der Waals surface area contributed by atoms with E-state index >= 15 is 0 Å². The lowest BCUT2D eigenvalue weighted by molar-refractivity contribution is -0.139. The van der Waals surface area contributed by atoms with E-state index in [1.165, 1.54) is 45.6 Å². The lowest BCUT2D eigenvalue weighted by Crippen LogP contribution is -2.42. The predicted molar refractivity (Wildman–Crippen MR) is 193 cm³/mol. The number of amides is 2. The molecular weight excluding hydrogens is 652 g/mol. The second-order valence-electron chi connectivity index (χ2n) is 11.9. The second kappa shape index (κ2) is 19.4. The van der Waals surface area contributed by atoms with Crippen LogP contribution in [0.2, 0.25) is 0 Å². The quantitative estimate of drug-likeness (QED) is 0.0542. The molecule has 0 aliphatic carbocycles. The summed E-state index contributed by atoms with van der Waals surface area (Å²) in [5.41, 5.74) is 2.41. The number of hydrogen-bond acceptors (Lipinski definition) is 8. The number of carbonyl (C=O) groups excluding carboxylic acids is 3. The molecule has 0 aromatic heterocycles. The summed E-state index contributed by atoms with van der Waals surface area (Å²) in [6, 6.07) is 23.3. The number of benzene rings is 4. The summed E-state index contributed by atoms with van der Waals surface area (Å²) in [7, 11) is 3.05. The zero-order valence-electron chi connectivity index (χ0n) is 29.1. The summed E-state index contributed by atoms with van der Waals surface area (Å²) >= 11 is 0. The Kier molecular flexibility index (Phi) is 14.4. The first-order chi connectivity index (χ1) is 24.7. The number of unbranched alkanes of at least 4 members (excludes halogenated alkanes) is 4. The fourth-order valence-electron chi connectivity index (χ4n) is 5.21. The molecule has 51 heavy (non-hydrogen) atoms. The van der Waals surface area contributed by atoms with Gasteiger partial charge in [-0.15, -0.1) is 0 Å². The number of hydrogen-bond donors (Lipinski definition) is 3. The number of ether oxygens (including phenoxy) is 4. The fraction of sp³-hybridized carbons (Fsp3) is 0.300. The number of carboxylic acid groups (broad SMARTS) is 1. The Labute approximate surface area is 297 Å². The number of nitrogens with one attached hydrogen (secondary N) is 2. The van der Waals surface area contributed by atoms with Crippen LogP contribution < -0.4 is 29.6 Å². The van der Waals surface area contributed by atoms with Crippen molar-refractivity contribution in [3.8, 4) is 23.0 Å². The van der Waals surface area contributed by atoms with Crippen molar-refractivity contribution >= 4 is 29.4 Å². The van der Waals surface area contributed by atoms with Crippen molar-refractivity contribution in [1.29, 1.82) is 0 Å². The van der Waals surface area contributed by atoms with Crippen LogP contribution in [0.15, 0.2) is 91.0 Å². The largest absolute Gasteiger partial charge is 0.494 e. The number of aliphatic carboxylic acids is 1. The van der Waals surface area contributed by atoms with Gasteiger partial charge in [0.05, 0.1) is 32.8 Å². The van der Waals surface area contributed by atoms with E-state index in [4.69, 9.17) is 18.9 Å². The van der Waals surface area contributed by atoms with Crippen LogP contribution in [-0.4, -0.2) is 55.7 Å². The maximum Gasteiger partial charge on any atom is 0.343 e. The van der Waals surface area contributed by atoms with Crippen LogP contribution in [-0.2, 0) is 22.4 Å². The molecule has 0 radical (unpaired) electrons. The molecule has 11 nitrogen and oxygen atoms in total. The average Bonchev–Trinajstić information content (AvgIpc) is 3.13. The number of carboxylic acids is 1. The molecule has 0 spiro atoms. The first-order valence-electron chi connectivity index (χ1n) is 16.9. The maximum atomic E-state index is 12.9. The van der Waals surface area contributed by atoms with E-state index < -0.39 is 23.9 Å². The molecule has 1 atom stereocenters. The number of esters is 1. The molecule has 0 heterocycles. The Hall–Kier alpha value is -5.84. The Morgan fingerprint density at radius 2 is 1.33 bits per heavy atom. The van der Waals surface area contributed by atoms with Gasteiger partial charge in [0.1, 0.15) is 17.5 Å². The number of anilines is 1. The van der Waals surface area contributed by atoms with Crippen LogP contribution in [0.5, 0.6) is 23.0 Å². The van der Waals surface area contributed by atoms with Gasteiger partial charge in [-0.2, -0.15) is 0 Å². The molecule has 268 valence electrons. The third-order valence-electron chi connectivity index (χ3n) is 8.03. The van der Waals surface area contributed by atoms with E-state index in [1.807, 2.05) is 0 Å². The van der Waals surface area contributed by atoms with Gasteiger partial charge in [0, 0.05) is 17.7 Å². The third-order valence-corrected chi connectivity index (χ3v) is 8.03. The van der Waals surface area contributed by atoms with Crippen LogP contribution >= 0.6 is 0 Å². The van der Waals surface area contributed by atoms with Crippen molar-refractivity contribution in [2.75, 3.05) is 26.1 Å². The number of carbonyl (C=O) groups is 4. The molecule has 0 fully saturated rings.